The highest BCUT2D eigenvalue weighted by Crippen LogP contribution is 2.19. The lowest BCUT2D eigenvalue weighted by atomic mass is 9.96. The van der Waals surface area contributed by atoms with E-state index in [1.165, 1.54) is 12.1 Å². The van der Waals surface area contributed by atoms with E-state index in [4.69, 9.17) is 0 Å². The van der Waals surface area contributed by atoms with Crippen LogP contribution in [-0.4, -0.2) is 20.8 Å². The Bertz CT molecular complexity index is 670. The van der Waals surface area contributed by atoms with Crippen LogP contribution in [0.15, 0.2) is 18.2 Å². The number of non-ortho nitro benzene ring substituents is 1. The zero-order valence-electron chi connectivity index (χ0n) is 11.6. The first-order chi connectivity index (χ1) is 9.27. The van der Waals surface area contributed by atoms with Gasteiger partial charge < -0.3 is 10.3 Å². The van der Waals surface area contributed by atoms with Gasteiger partial charge in [0, 0.05) is 17.5 Å². The van der Waals surface area contributed by atoms with E-state index in [1.54, 1.807) is 6.07 Å². The zero-order valence-corrected chi connectivity index (χ0v) is 11.6. The molecule has 1 aromatic heterocycles. The SMILES string of the molecule is CC(C)(C)C(=O)NCc1nc2ccc([N+](=O)[O-])cc2[nH]1. The molecule has 106 valence electrons. The third kappa shape index (κ3) is 2.93. The number of hydrogen-bond acceptors (Lipinski definition) is 4. The van der Waals surface area contributed by atoms with Gasteiger partial charge in [-0.25, -0.2) is 4.98 Å². The van der Waals surface area contributed by atoms with Crippen LogP contribution in [0, 0.1) is 15.5 Å². The molecule has 2 N–H and O–H groups in total. The first-order valence-corrected chi connectivity index (χ1v) is 6.19. The normalized spacial score (nSPS) is 11.6. The van der Waals surface area contributed by atoms with Gasteiger partial charge in [-0.2, -0.15) is 0 Å². The van der Waals surface area contributed by atoms with Crippen molar-refractivity contribution in [2.75, 3.05) is 0 Å². The smallest absolute Gasteiger partial charge is 0.271 e. The Balaban J connectivity index is 2.16. The van der Waals surface area contributed by atoms with E-state index < -0.39 is 10.3 Å². The van der Waals surface area contributed by atoms with E-state index in [0.29, 0.717) is 16.9 Å². The van der Waals surface area contributed by atoms with Crippen molar-refractivity contribution in [2.24, 2.45) is 5.41 Å². The molecule has 0 fully saturated rings. The highest BCUT2D eigenvalue weighted by molar-refractivity contribution is 5.81. The predicted octanol–water partition coefficient (Wildman–Crippen LogP) is 2.13. The van der Waals surface area contributed by atoms with Crippen LogP contribution in [0.5, 0.6) is 0 Å². The molecule has 7 heteroatoms. The fourth-order valence-electron chi connectivity index (χ4n) is 1.68. The molecule has 0 spiro atoms. The summed E-state index contributed by atoms with van der Waals surface area (Å²) >= 11 is 0. The summed E-state index contributed by atoms with van der Waals surface area (Å²) in [6.07, 6.45) is 0. The molecule has 0 unspecified atom stereocenters. The molecule has 0 saturated heterocycles. The highest BCUT2D eigenvalue weighted by Gasteiger charge is 2.21. The summed E-state index contributed by atoms with van der Waals surface area (Å²) in [6.45, 7) is 5.73. The number of imidazole rings is 1. The number of hydrogen-bond donors (Lipinski definition) is 2. The molecule has 0 aliphatic carbocycles. The summed E-state index contributed by atoms with van der Waals surface area (Å²) in [4.78, 5) is 29.2. The molecule has 2 rings (SSSR count). The van der Waals surface area contributed by atoms with Crippen LogP contribution in [0.4, 0.5) is 5.69 Å². The number of nitrogens with one attached hydrogen (secondary N) is 2. The highest BCUT2D eigenvalue weighted by atomic mass is 16.6. The van der Waals surface area contributed by atoms with Crippen LogP contribution in [0.2, 0.25) is 0 Å². The quantitative estimate of drug-likeness (QED) is 0.662. The summed E-state index contributed by atoms with van der Waals surface area (Å²) in [6, 6.07) is 4.41. The van der Waals surface area contributed by atoms with Gasteiger partial charge in [0.15, 0.2) is 0 Å². The lowest BCUT2D eigenvalue weighted by Gasteiger charge is -2.16. The number of nitrogens with zero attached hydrogens (tertiary/aromatic N) is 2. The molecule has 0 saturated carbocycles. The van der Waals surface area contributed by atoms with Crippen LogP contribution in [0.25, 0.3) is 11.0 Å². The maximum atomic E-state index is 11.8. The second-order valence-corrected chi connectivity index (χ2v) is 5.57. The maximum Gasteiger partial charge on any atom is 0.271 e. The average molecular weight is 276 g/mol. The van der Waals surface area contributed by atoms with Crippen LogP contribution < -0.4 is 5.32 Å². The monoisotopic (exact) mass is 276 g/mol. The van der Waals surface area contributed by atoms with Gasteiger partial charge in [-0.15, -0.1) is 0 Å². The summed E-state index contributed by atoms with van der Waals surface area (Å²) in [5, 5.41) is 13.5. The second-order valence-electron chi connectivity index (χ2n) is 5.57. The fraction of sp³-hybridized carbons (Fsp3) is 0.385. The lowest BCUT2D eigenvalue weighted by Crippen LogP contribution is -2.34. The third-order valence-electron chi connectivity index (χ3n) is 2.82. The average Bonchev–Trinajstić information content (AvgIpc) is 2.76. The Labute approximate surface area is 115 Å². The van der Waals surface area contributed by atoms with Crippen LogP contribution in [0.1, 0.15) is 26.6 Å². The molecule has 0 aliphatic heterocycles. The molecule has 20 heavy (non-hydrogen) atoms. The summed E-state index contributed by atoms with van der Waals surface area (Å²) in [5.41, 5.74) is 0.756. The minimum Gasteiger partial charge on any atom is -0.348 e. The molecular formula is C13H16N4O3. The number of carbonyl (C=O) groups excluding carboxylic acids is 1. The van der Waals surface area contributed by atoms with Crippen molar-refractivity contribution in [3.8, 4) is 0 Å². The molecule has 1 aromatic carbocycles. The van der Waals surface area contributed by atoms with Gasteiger partial charge in [-0.3, -0.25) is 14.9 Å². The Morgan fingerprint density at radius 1 is 1.45 bits per heavy atom. The van der Waals surface area contributed by atoms with Gasteiger partial charge in [0.25, 0.3) is 5.69 Å². The number of amides is 1. The van der Waals surface area contributed by atoms with Gasteiger partial charge in [-0.1, -0.05) is 20.8 Å². The largest absolute Gasteiger partial charge is 0.348 e. The van der Waals surface area contributed by atoms with Crippen LogP contribution in [0.3, 0.4) is 0 Å². The standard InChI is InChI=1S/C13H16N4O3/c1-13(2,3)12(18)14-7-11-15-9-5-4-8(17(19)20)6-10(9)16-11/h4-6H,7H2,1-3H3,(H,14,18)(H,15,16). The number of nitro groups is 1. The van der Waals surface area contributed by atoms with E-state index in [0.717, 1.165) is 0 Å². The summed E-state index contributed by atoms with van der Waals surface area (Å²) < 4.78 is 0. The van der Waals surface area contributed by atoms with E-state index in [-0.39, 0.29) is 18.1 Å². The number of aromatic amines is 1. The Hall–Kier alpha value is -2.44. The van der Waals surface area contributed by atoms with E-state index >= 15 is 0 Å². The van der Waals surface area contributed by atoms with E-state index in [1.807, 2.05) is 20.8 Å². The molecule has 0 atom stereocenters. The Morgan fingerprint density at radius 2 is 2.15 bits per heavy atom. The van der Waals surface area contributed by atoms with Crippen molar-refractivity contribution in [1.29, 1.82) is 0 Å². The van der Waals surface area contributed by atoms with Crippen molar-refractivity contribution in [1.82, 2.24) is 15.3 Å². The van der Waals surface area contributed by atoms with Gasteiger partial charge in [0.2, 0.25) is 5.91 Å². The lowest BCUT2D eigenvalue weighted by molar-refractivity contribution is -0.384. The predicted molar refractivity (Wildman–Crippen MR) is 74.0 cm³/mol. The van der Waals surface area contributed by atoms with Crippen LogP contribution >= 0.6 is 0 Å². The van der Waals surface area contributed by atoms with E-state index in [2.05, 4.69) is 15.3 Å². The minimum absolute atomic E-state index is 0.00595. The minimum atomic E-state index is -0.467. The van der Waals surface area contributed by atoms with Crippen molar-refractivity contribution in [3.05, 3.63) is 34.1 Å². The van der Waals surface area contributed by atoms with Crippen molar-refractivity contribution >= 4 is 22.6 Å². The number of H-pyrrole nitrogens is 1. The van der Waals surface area contributed by atoms with Crippen molar-refractivity contribution < 1.29 is 9.72 Å². The Kier molecular flexibility index (Phi) is 3.44. The van der Waals surface area contributed by atoms with Crippen molar-refractivity contribution in [3.63, 3.8) is 0 Å². The molecule has 0 radical (unpaired) electrons. The van der Waals surface area contributed by atoms with Gasteiger partial charge >= 0.3 is 0 Å². The molecule has 0 aliphatic rings. The molecule has 1 heterocycles. The second kappa shape index (κ2) is 4.92. The topological polar surface area (TPSA) is 101 Å². The number of fused-ring (bicyclic) bond motifs is 1. The first kappa shape index (κ1) is 14.0. The summed E-state index contributed by atoms with van der Waals surface area (Å²) in [5.74, 6) is 0.488. The molecule has 2 aromatic rings. The number of nitro benzene ring substituents is 1. The zero-order chi connectivity index (χ0) is 14.9. The number of aromatic nitrogens is 2. The van der Waals surface area contributed by atoms with Gasteiger partial charge in [0.05, 0.1) is 22.5 Å². The summed E-state index contributed by atoms with van der Waals surface area (Å²) in [7, 11) is 0. The number of rotatable bonds is 3. The first-order valence-electron chi connectivity index (χ1n) is 6.19. The molecule has 7 nitrogen and oxygen atoms in total. The Morgan fingerprint density at radius 3 is 2.75 bits per heavy atom. The molecule has 1 amide bonds. The molecule has 0 bridgehead atoms. The van der Waals surface area contributed by atoms with Crippen molar-refractivity contribution in [2.45, 2.75) is 27.3 Å². The number of benzene rings is 1. The van der Waals surface area contributed by atoms with Gasteiger partial charge in [0.1, 0.15) is 5.82 Å². The van der Waals surface area contributed by atoms with E-state index in [9.17, 15) is 14.9 Å². The fourth-order valence-corrected chi connectivity index (χ4v) is 1.68. The maximum absolute atomic E-state index is 11.8. The third-order valence-corrected chi connectivity index (χ3v) is 2.82. The van der Waals surface area contributed by atoms with Crippen LogP contribution in [-0.2, 0) is 11.3 Å². The number of carbonyl (C=O) groups is 1. The van der Waals surface area contributed by atoms with Gasteiger partial charge in [-0.05, 0) is 6.07 Å². The molecular weight excluding hydrogens is 260 g/mol.